The summed E-state index contributed by atoms with van der Waals surface area (Å²) in [5.74, 6) is -0.715. The van der Waals surface area contributed by atoms with E-state index < -0.39 is 29.5 Å². The molecule has 1 aromatic carbocycles. The number of amides is 1. The third-order valence-electron chi connectivity index (χ3n) is 2.44. The first-order chi connectivity index (χ1) is 8.99. The first-order valence-corrected chi connectivity index (χ1v) is 6.17. The van der Waals surface area contributed by atoms with Gasteiger partial charge in [0.2, 0.25) is 0 Å². The van der Waals surface area contributed by atoms with Gasteiger partial charge in [-0.2, -0.15) is 0 Å². The third-order valence-corrected chi connectivity index (χ3v) is 2.84. The molecule has 0 bridgehead atoms. The number of carbonyl (C=O) groups is 1. The van der Waals surface area contributed by atoms with Crippen LogP contribution in [0, 0.1) is 4.91 Å². The Balaban J connectivity index is 2.79. The minimum atomic E-state index is -1.29. The lowest BCUT2D eigenvalue weighted by atomic mass is 10.0. The third kappa shape index (κ3) is 4.43. The maximum atomic E-state index is 11.3. The molecule has 6 nitrogen and oxygen atoms in total. The molecule has 0 aromatic heterocycles. The Hall–Kier alpha value is -1.21. The topological polar surface area (TPSA) is 99.0 Å². The van der Waals surface area contributed by atoms with Gasteiger partial charge in [-0.15, -0.1) is 4.91 Å². The number of nitrogens with zero attached hydrogens (tertiary/aromatic N) is 1. The van der Waals surface area contributed by atoms with E-state index in [-0.39, 0.29) is 5.69 Å². The van der Waals surface area contributed by atoms with Crippen molar-refractivity contribution in [2.24, 2.45) is 5.18 Å². The van der Waals surface area contributed by atoms with Gasteiger partial charge in [-0.1, -0.05) is 35.3 Å². The number of hydrogen-bond donors (Lipinski definition) is 3. The minimum Gasteiger partial charge on any atom is -0.394 e. The Labute approximate surface area is 119 Å². The van der Waals surface area contributed by atoms with Crippen LogP contribution >= 0.6 is 23.2 Å². The van der Waals surface area contributed by atoms with Crippen LogP contribution in [0.1, 0.15) is 11.7 Å². The second-order valence-corrected chi connectivity index (χ2v) is 4.82. The molecular weight excluding hydrogens is 295 g/mol. The Morgan fingerprint density at radius 2 is 1.89 bits per heavy atom. The fraction of sp³-hybridized carbons (Fsp3) is 0.364. The quantitative estimate of drug-likeness (QED) is 0.546. The zero-order valence-corrected chi connectivity index (χ0v) is 11.2. The van der Waals surface area contributed by atoms with Gasteiger partial charge >= 0.3 is 0 Å². The van der Waals surface area contributed by atoms with Crippen LogP contribution in [0.2, 0.25) is 0 Å². The van der Waals surface area contributed by atoms with Crippen molar-refractivity contribution in [2.45, 2.75) is 17.0 Å². The summed E-state index contributed by atoms with van der Waals surface area (Å²) in [6, 6.07) is 4.80. The van der Waals surface area contributed by atoms with Gasteiger partial charge in [-0.3, -0.25) is 4.79 Å². The van der Waals surface area contributed by atoms with Crippen molar-refractivity contribution in [1.29, 1.82) is 0 Å². The van der Waals surface area contributed by atoms with Gasteiger partial charge in [-0.05, 0) is 22.9 Å². The van der Waals surface area contributed by atoms with Crippen LogP contribution < -0.4 is 5.32 Å². The molecule has 1 amide bonds. The highest BCUT2D eigenvalue weighted by Gasteiger charge is 2.24. The lowest BCUT2D eigenvalue weighted by molar-refractivity contribution is -0.121. The first-order valence-electron chi connectivity index (χ1n) is 5.30. The van der Waals surface area contributed by atoms with Crippen molar-refractivity contribution in [3.63, 3.8) is 0 Å². The van der Waals surface area contributed by atoms with Gasteiger partial charge in [0, 0.05) is 0 Å². The van der Waals surface area contributed by atoms with Gasteiger partial charge in [0.15, 0.2) is 4.84 Å². The lowest BCUT2D eigenvalue weighted by Crippen LogP contribution is -2.44. The van der Waals surface area contributed by atoms with Gasteiger partial charge in [0.05, 0.1) is 12.6 Å². The predicted octanol–water partition coefficient (Wildman–Crippen LogP) is 1.40. The van der Waals surface area contributed by atoms with Gasteiger partial charge in [0.25, 0.3) is 5.91 Å². The first kappa shape index (κ1) is 15.8. The summed E-state index contributed by atoms with van der Waals surface area (Å²) in [4.78, 5) is 20.3. The van der Waals surface area contributed by atoms with E-state index in [1.165, 1.54) is 24.3 Å². The van der Waals surface area contributed by atoms with E-state index in [9.17, 15) is 14.8 Å². The summed E-state index contributed by atoms with van der Waals surface area (Å²) in [5.41, 5.74) is 0.620. The Kier molecular flexibility index (Phi) is 6.17. The largest absolute Gasteiger partial charge is 0.394 e. The highest BCUT2D eigenvalue weighted by Crippen LogP contribution is 2.20. The maximum absolute atomic E-state index is 11.3. The maximum Gasteiger partial charge on any atom is 0.253 e. The molecule has 8 heteroatoms. The normalized spacial score (nSPS) is 13.9. The Morgan fingerprint density at radius 3 is 2.32 bits per heavy atom. The zero-order valence-electron chi connectivity index (χ0n) is 9.66. The van der Waals surface area contributed by atoms with Gasteiger partial charge in [-0.25, -0.2) is 0 Å². The summed E-state index contributed by atoms with van der Waals surface area (Å²) in [6.07, 6.45) is -1.17. The van der Waals surface area contributed by atoms with Crippen molar-refractivity contribution in [3.8, 4) is 0 Å². The average molecular weight is 307 g/mol. The van der Waals surface area contributed by atoms with Crippen molar-refractivity contribution < 1.29 is 15.0 Å². The highest BCUT2D eigenvalue weighted by atomic mass is 35.5. The molecule has 0 aliphatic heterocycles. The number of rotatable bonds is 6. The predicted molar refractivity (Wildman–Crippen MR) is 71.4 cm³/mol. The minimum absolute atomic E-state index is 0.210. The fourth-order valence-electron chi connectivity index (χ4n) is 1.43. The number of benzene rings is 1. The molecule has 0 aliphatic rings. The van der Waals surface area contributed by atoms with Crippen LogP contribution in [0.5, 0.6) is 0 Å². The number of hydrogen-bond acceptors (Lipinski definition) is 5. The SMILES string of the molecule is O=Nc1ccc(C(O)C(CO)NC(=O)C(Cl)Cl)cc1. The Morgan fingerprint density at radius 1 is 1.32 bits per heavy atom. The van der Waals surface area contributed by atoms with E-state index in [0.717, 1.165) is 0 Å². The Bertz CT molecular complexity index is 439. The molecule has 1 rings (SSSR count). The molecule has 0 saturated carbocycles. The van der Waals surface area contributed by atoms with Crippen molar-refractivity contribution in [2.75, 3.05) is 6.61 Å². The van der Waals surface area contributed by atoms with E-state index in [1.54, 1.807) is 0 Å². The summed E-state index contributed by atoms with van der Waals surface area (Å²) < 4.78 is 0. The number of carbonyl (C=O) groups excluding carboxylic acids is 1. The molecule has 0 heterocycles. The number of aliphatic hydroxyl groups is 2. The van der Waals surface area contributed by atoms with Gasteiger partial charge < -0.3 is 15.5 Å². The fourth-order valence-corrected chi connectivity index (χ4v) is 1.56. The number of halogens is 2. The van der Waals surface area contributed by atoms with Crippen molar-refractivity contribution in [1.82, 2.24) is 5.32 Å². The van der Waals surface area contributed by atoms with Gasteiger partial charge in [0.1, 0.15) is 11.8 Å². The number of nitrogens with one attached hydrogen (secondary N) is 1. The number of nitroso groups, excluding NO2 is 1. The molecule has 0 spiro atoms. The van der Waals surface area contributed by atoms with E-state index in [0.29, 0.717) is 5.56 Å². The molecule has 3 N–H and O–H groups in total. The number of aliphatic hydroxyl groups excluding tert-OH is 2. The van der Waals surface area contributed by atoms with Crippen LogP contribution in [-0.4, -0.2) is 33.6 Å². The summed E-state index contributed by atoms with van der Waals surface area (Å²) >= 11 is 10.7. The molecule has 0 saturated heterocycles. The van der Waals surface area contributed by atoms with Crippen LogP contribution in [0.15, 0.2) is 29.4 Å². The molecule has 19 heavy (non-hydrogen) atoms. The van der Waals surface area contributed by atoms with Crippen LogP contribution in [-0.2, 0) is 4.79 Å². The second kappa shape index (κ2) is 7.40. The molecule has 0 fully saturated rings. The molecule has 1 aromatic rings. The van der Waals surface area contributed by atoms with Crippen LogP contribution in [0.3, 0.4) is 0 Å². The average Bonchev–Trinajstić information content (AvgIpc) is 2.43. The summed E-state index contributed by atoms with van der Waals surface area (Å²) in [5, 5.41) is 24.2. The monoisotopic (exact) mass is 306 g/mol. The second-order valence-electron chi connectivity index (χ2n) is 3.73. The molecule has 2 atom stereocenters. The number of alkyl halides is 2. The molecule has 104 valence electrons. The lowest BCUT2D eigenvalue weighted by Gasteiger charge is -2.22. The zero-order chi connectivity index (χ0) is 14.4. The van der Waals surface area contributed by atoms with Crippen LogP contribution in [0.25, 0.3) is 0 Å². The van der Waals surface area contributed by atoms with E-state index in [1.807, 2.05) is 0 Å². The molecular formula is C11H12Cl2N2O4. The van der Waals surface area contributed by atoms with Crippen LogP contribution in [0.4, 0.5) is 5.69 Å². The van der Waals surface area contributed by atoms with Crippen molar-refractivity contribution in [3.05, 3.63) is 34.7 Å². The summed E-state index contributed by atoms with van der Waals surface area (Å²) in [7, 11) is 0. The standard InChI is InChI=1S/C11H12Cl2N2O4/c12-10(13)11(18)14-8(5-16)9(17)6-1-3-7(15-19)4-2-6/h1-4,8-10,16-17H,5H2,(H,14,18). The molecule has 0 radical (unpaired) electrons. The molecule has 0 aliphatic carbocycles. The smallest absolute Gasteiger partial charge is 0.253 e. The van der Waals surface area contributed by atoms with E-state index >= 15 is 0 Å². The van der Waals surface area contributed by atoms with E-state index in [4.69, 9.17) is 28.3 Å². The van der Waals surface area contributed by atoms with Crippen molar-refractivity contribution >= 4 is 34.8 Å². The van der Waals surface area contributed by atoms with E-state index in [2.05, 4.69) is 10.5 Å². The summed E-state index contributed by atoms with van der Waals surface area (Å²) in [6.45, 7) is -0.499. The highest BCUT2D eigenvalue weighted by molar-refractivity contribution is 6.53. The molecule has 2 unspecified atom stereocenters.